The number of methoxy groups -OCH3 is 1. The van der Waals surface area contributed by atoms with Crippen molar-refractivity contribution in [3.63, 3.8) is 0 Å². The highest BCUT2D eigenvalue weighted by Crippen LogP contribution is 2.28. The van der Waals surface area contributed by atoms with Gasteiger partial charge in [-0.2, -0.15) is 0 Å². The van der Waals surface area contributed by atoms with Crippen LogP contribution in [0, 0.1) is 0 Å². The molecule has 1 unspecified atom stereocenters. The third kappa shape index (κ3) is 2.85. The van der Waals surface area contributed by atoms with Crippen LogP contribution in [-0.2, 0) is 15.1 Å². The molecule has 0 spiro atoms. The third-order valence-corrected chi connectivity index (χ3v) is 2.52. The van der Waals surface area contributed by atoms with Crippen molar-refractivity contribution in [3.05, 3.63) is 42.5 Å². The molecule has 0 saturated heterocycles. The molecule has 0 aliphatic heterocycles. The van der Waals surface area contributed by atoms with Crippen molar-refractivity contribution >= 4 is 5.97 Å². The van der Waals surface area contributed by atoms with E-state index in [2.05, 4.69) is 6.58 Å². The molecule has 4 heteroatoms. The Kier molecular flexibility index (Phi) is 4.29. The van der Waals surface area contributed by atoms with Gasteiger partial charge in [0.2, 0.25) is 0 Å². The number of carboxylic acids is 1. The van der Waals surface area contributed by atoms with E-state index in [1.807, 2.05) is 0 Å². The molecular weight excluding hydrogens is 220 g/mol. The molecule has 17 heavy (non-hydrogen) atoms. The van der Waals surface area contributed by atoms with Crippen LogP contribution in [0.4, 0.5) is 0 Å². The Hall–Kier alpha value is -1.81. The summed E-state index contributed by atoms with van der Waals surface area (Å²) in [5.74, 6) is -0.454. The average Bonchev–Trinajstić information content (AvgIpc) is 2.35. The molecule has 0 aliphatic rings. The van der Waals surface area contributed by atoms with Crippen LogP contribution in [0.25, 0.3) is 0 Å². The summed E-state index contributed by atoms with van der Waals surface area (Å²) < 4.78 is 10.4. The Morgan fingerprint density at radius 3 is 2.82 bits per heavy atom. The van der Waals surface area contributed by atoms with E-state index in [-0.39, 0.29) is 6.61 Å². The first-order valence-electron chi connectivity index (χ1n) is 5.17. The van der Waals surface area contributed by atoms with Gasteiger partial charge in [0, 0.05) is 0 Å². The molecule has 1 aromatic rings. The number of rotatable bonds is 6. The lowest BCUT2D eigenvalue weighted by atomic mass is 9.95. The Labute approximate surface area is 100 Å². The van der Waals surface area contributed by atoms with Gasteiger partial charge in [-0.25, -0.2) is 4.79 Å². The molecule has 1 rings (SSSR count). The van der Waals surface area contributed by atoms with Gasteiger partial charge in [-0.3, -0.25) is 0 Å². The summed E-state index contributed by atoms with van der Waals surface area (Å²) >= 11 is 0. The first kappa shape index (κ1) is 13.3. The van der Waals surface area contributed by atoms with Crippen LogP contribution in [-0.4, -0.2) is 24.8 Å². The van der Waals surface area contributed by atoms with Crippen LogP contribution in [0.2, 0.25) is 0 Å². The highest BCUT2D eigenvalue weighted by atomic mass is 16.5. The maximum atomic E-state index is 11.3. The maximum Gasteiger partial charge on any atom is 0.340 e. The number of carbonyl (C=O) groups is 1. The minimum atomic E-state index is -1.40. The minimum absolute atomic E-state index is 0.167. The Balaban J connectivity index is 3.12. The van der Waals surface area contributed by atoms with E-state index in [1.165, 1.54) is 20.1 Å². The SMILES string of the molecule is C=CCOC(C)(C(=O)O)c1cccc(OC)c1. The molecule has 0 bridgehead atoms. The van der Waals surface area contributed by atoms with E-state index in [9.17, 15) is 9.90 Å². The lowest BCUT2D eigenvalue weighted by Gasteiger charge is -2.25. The van der Waals surface area contributed by atoms with Gasteiger partial charge >= 0.3 is 5.97 Å². The van der Waals surface area contributed by atoms with Crippen molar-refractivity contribution in [2.75, 3.05) is 13.7 Å². The zero-order valence-corrected chi connectivity index (χ0v) is 9.97. The fourth-order valence-corrected chi connectivity index (χ4v) is 1.41. The zero-order valence-electron chi connectivity index (χ0n) is 9.97. The second-order valence-electron chi connectivity index (χ2n) is 3.67. The van der Waals surface area contributed by atoms with Crippen molar-refractivity contribution in [2.24, 2.45) is 0 Å². The summed E-state index contributed by atoms with van der Waals surface area (Å²) in [7, 11) is 1.53. The number of benzene rings is 1. The molecule has 0 aromatic heterocycles. The summed E-state index contributed by atoms with van der Waals surface area (Å²) in [6.45, 7) is 5.18. The molecule has 1 aromatic carbocycles. The van der Waals surface area contributed by atoms with Crippen molar-refractivity contribution in [2.45, 2.75) is 12.5 Å². The van der Waals surface area contributed by atoms with Crippen LogP contribution < -0.4 is 4.74 Å². The molecule has 4 nitrogen and oxygen atoms in total. The minimum Gasteiger partial charge on any atom is -0.497 e. The van der Waals surface area contributed by atoms with Crippen LogP contribution in [0.3, 0.4) is 0 Å². The topological polar surface area (TPSA) is 55.8 Å². The molecular formula is C13H16O4. The van der Waals surface area contributed by atoms with Gasteiger partial charge in [0.1, 0.15) is 5.75 Å². The van der Waals surface area contributed by atoms with Gasteiger partial charge in [0.25, 0.3) is 0 Å². The summed E-state index contributed by atoms with van der Waals surface area (Å²) in [5, 5.41) is 9.28. The molecule has 0 fully saturated rings. The normalized spacial score (nSPS) is 13.8. The molecule has 0 heterocycles. The number of hydrogen-bond acceptors (Lipinski definition) is 3. The number of aliphatic carboxylic acids is 1. The second-order valence-corrected chi connectivity index (χ2v) is 3.67. The van der Waals surface area contributed by atoms with E-state index in [0.717, 1.165) is 0 Å². The molecule has 92 valence electrons. The number of carboxylic acid groups (broad SMARTS) is 1. The van der Waals surface area contributed by atoms with Crippen LogP contribution >= 0.6 is 0 Å². The van der Waals surface area contributed by atoms with E-state index < -0.39 is 11.6 Å². The zero-order chi connectivity index (χ0) is 12.9. The Morgan fingerprint density at radius 1 is 1.59 bits per heavy atom. The second kappa shape index (κ2) is 5.50. The first-order valence-corrected chi connectivity index (χ1v) is 5.17. The average molecular weight is 236 g/mol. The molecule has 1 atom stereocenters. The number of ether oxygens (including phenoxy) is 2. The van der Waals surface area contributed by atoms with Gasteiger partial charge in [0.15, 0.2) is 5.60 Å². The predicted octanol–water partition coefficient (Wildman–Crippen LogP) is 2.20. The van der Waals surface area contributed by atoms with Crippen LogP contribution in [0.15, 0.2) is 36.9 Å². The Bertz CT molecular complexity index is 414. The van der Waals surface area contributed by atoms with Gasteiger partial charge in [0.05, 0.1) is 13.7 Å². The van der Waals surface area contributed by atoms with Crippen LogP contribution in [0.5, 0.6) is 5.75 Å². The molecule has 0 radical (unpaired) electrons. The van der Waals surface area contributed by atoms with E-state index in [1.54, 1.807) is 24.3 Å². The van der Waals surface area contributed by atoms with Gasteiger partial charge < -0.3 is 14.6 Å². The van der Waals surface area contributed by atoms with Gasteiger partial charge in [-0.05, 0) is 24.6 Å². The van der Waals surface area contributed by atoms with Gasteiger partial charge in [-0.15, -0.1) is 6.58 Å². The van der Waals surface area contributed by atoms with Crippen molar-refractivity contribution in [1.29, 1.82) is 0 Å². The van der Waals surface area contributed by atoms with Crippen molar-refractivity contribution in [3.8, 4) is 5.75 Å². The molecule has 0 amide bonds. The molecule has 0 aliphatic carbocycles. The summed E-state index contributed by atoms with van der Waals surface area (Å²) in [6.07, 6.45) is 1.52. The standard InChI is InChI=1S/C13H16O4/c1-4-8-17-13(2,12(14)15)10-6-5-7-11(9-10)16-3/h4-7,9H,1,8H2,2-3H3,(H,14,15). The Morgan fingerprint density at radius 2 is 2.29 bits per heavy atom. The molecule has 0 saturated carbocycles. The van der Waals surface area contributed by atoms with Crippen LogP contribution in [0.1, 0.15) is 12.5 Å². The first-order chi connectivity index (χ1) is 8.04. The largest absolute Gasteiger partial charge is 0.497 e. The number of hydrogen-bond donors (Lipinski definition) is 1. The monoisotopic (exact) mass is 236 g/mol. The summed E-state index contributed by atoms with van der Waals surface area (Å²) in [5.41, 5.74) is -0.867. The van der Waals surface area contributed by atoms with E-state index in [4.69, 9.17) is 9.47 Å². The fraction of sp³-hybridized carbons (Fsp3) is 0.308. The predicted molar refractivity (Wildman–Crippen MR) is 64.1 cm³/mol. The maximum absolute atomic E-state index is 11.3. The lowest BCUT2D eigenvalue weighted by Crippen LogP contribution is -2.35. The summed E-state index contributed by atoms with van der Waals surface area (Å²) in [4.78, 5) is 11.3. The third-order valence-electron chi connectivity index (χ3n) is 2.52. The van der Waals surface area contributed by atoms with E-state index >= 15 is 0 Å². The van der Waals surface area contributed by atoms with Gasteiger partial charge in [-0.1, -0.05) is 18.2 Å². The lowest BCUT2D eigenvalue weighted by molar-refractivity contribution is -0.163. The quantitative estimate of drug-likeness (QED) is 0.769. The fourth-order valence-electron chi connectivity index (χ4n) is 1.41. The highest BCUT2D eigenvalue weighted by molar-refractivity contribution is 5.79. The smallest absolute Gasteiger partial charge is 0.340 e. The highest BCUT2D eigenvalue weighted by Gasteiger charge is 2.36. The van der Waals surface area contributed by atoms with Crippen molar-refractivity contribution < 1.29 is 19.4 Å². The van der Waals surface area contributed by atoms with E-state index in [0.29, 0.717) is 11.3 Å². The van der Waals surface area contributed by atoms with Crippen molar-refractivity contribution in [1.82, 2.24) is 0 Å². The summed E-state index contributed by atoms with van der Waals surface area (Å²) in [6, 6.07) is 6.82. The molecule has 1 N–H and O–H groups in total.